The van der Waals surface area contributed by atoms with E-state index in [0.29, 0.717) is 17.0 Å². The summed E-state index contributed by atoms with van der Waals surface area (Å²) in [5.74, 6) is 0.665. The van der Waals surface area contributed by atoms with Crippen LogP contribution in [0.2, 0.25) is 0 Å². The maximum Gasteiger partial charge on any atom is 0.441 e. The Bertz CT molecular complexity index is 562. The highest BCUT2D eigenvalue weighted by atomic mass is 32.2. The molecule has 0 aliphatic heterocycles. The fraction of sp³-hybridized carbons (Fsp3) is 0.364. The van der Waals surface area contributed by atoms with Gasteiger partial charge in [0.25, 0.3) is 0 Å². The molecule has 0 unspecified atom stereocenters. The predicted octanol–water partition coefficient (Wildman–Crippen LogP) is 3.18. The van der Waals surface area contributed by atoms with Crippen LogP contribution in [-0.2, 0) is 6.54 Å². The Morgan fingerprint density at radius 1 is 1.39 bits per heavy atom. The number of imidazole rings is 1. The van der Waals surface area contributed by atoms with Crippen LogP contribution >= 0.6 is 11.8 Å². The molecule has 0 bridgehead atoms. The molecule has 0 fully saturated rings. The number of fused-ring (bicyclic) bond motifs is 1. The van der Waals surface area contributed by atoms with E-state index in [4.69, 9.17) is 5.73 Å². The van der Waals surface area contributed by atoms with E-state index in [0.717, 1.165) is 5.52 Å². The average Bonchev–Trinajstić information content (AvgIpc) is 2.52. The number of rotatable bonds is 3. The van der Waals surface area contributed by atoms with Crippen LogP contribution in [-0.4, -0.2) is 20.8 Å². The molecular formula is C11H12F3N3S. The standard InChI is InChI=1S/C11H12F3N3S/c1-7-16-9-6-8(15)2-3-10(9)17(7)4-5-18-11(12,13)14/h2-3,6H,4-5,15H2,1H3. The topological polar surface area (TPSA) is 43.8 Å². The molecule has 0 aliphatic rings. The maximum atomic E-state index is 12.1. The predicted molar refractivity (Wildman–Crippen MR) is 67.4 cm³/mol. The largest absolute Gasteiger partial charge is 0.441 e. The highest BCUT2D eigenvalue weighted by Gasteiger charge is 2.27. The summed E-state index contributed by atoms with van der Waals surface area (Å²) in [6.07, 6.45) is 0. The second-order valence-corrected chi connectivity index (χ2v) is 5.01. The molecule has 1 aromatic heterocycles. The van der Waals surface area contributed by atoms with Crippen molar-refractivity contribution in [3.05, 3.63) is 24.0 Å². The van der Waals surface area contributed by atoms with Crippen molar-refractivity contribution in [2.75, 3.05) is 11.5 Å². The molecule has 2 N–H and O–H groups in total. The lowest BCUT2D eigenvalue weighted by atomic mass is 10.3. The molecule has 0 spiro atoms. The Morgan fingerprint density at radius 2 is 2.11 bits per heavy atom. The molecular weight excluding hydrogens is 263 g/mol. The fourth-order valence-corrected chi connectivity index (χ4v) is 2.31. The first-order chi connectivity index (χ1) is 8.37. The van der Waals surface area contributed by atoms with Gasteiger partial charge in [-0.15, -0.1) is 0 Å². The third-order valence-corrected chi connectivity index (χ3v) is 3.26. The molecule has 3 nitrogen and oxygen atoms in total. The van der Waals surface area contributed by atoms with Gasteiger partial charge in [-0.3, -0.25) is 0 Å². The lowest BCUT2D eigenvalue weighted by Crippen LogP contribution is -2.08. The Kier molecular flexibility index (Phi) is 3.43. The second kappa shape index (κ2) is 4.72. The fourth-order valence-electron chi connectivity index (χ4n) is 1.80. The van der Waals surface area contributed by atoms with E-state index < -0.39 is 5.51 Å². The van der Waals surface area contributed by atoms with Gasteiger partial charge in [0.1, 0.15) is 5.82 Å². The Hall–Kier alpha value is -1.37. The van der Waals surface area contributed by atoms with Crippen LogP contribution in [0.15, 0.2) is 18.2 Å². The Balaban J connectivity index is 2.20. The van der Waals surface area contributed by atoms with E-state index >= 15 is 0 Å². The number of aromatic nitrogens is 2. The number of nitrogen functional groups attached to an aromatic ring is 1. The van der Waals surface area contributed by atoms with Crippen LogP contribution in [0.4, 0.5) is 18.9 Å². The minimum atomic E-state index is -4.19. The van der Waals surface area contributed by atoms with Crippen molar-refractivity contribution in [3.63, 3.8) is 0 Å². The number of hydrogen-bond donors (Lipinski definition) is 1. The van der Waals surface area contributed by atoms with Crippen LogP contribution in [0.1, 0.15) is 5.82 Å². The van der Waals surface area contributed by atoms with Gasteiger partial charge in [0.2, 0.25) is 0 Å². The zero-order valence-corrected chi connectivity index (χ0v) is 10.5. The number of nitrogens with zero attached hydrogens (tertiary/aromatic N) is 2. The second-order valence-electron chi connectivity index (χ2n) is 3.85. The summed E-state index contributed by atoms with van der Waals surface area (Å²) < 4.78 is 38.0. The first kappa shape index (κ1) is 13.1. The maximum absolute atomic E-state index is 12.1. The van der Waals surface area contributed by atoms with Crippen molar-refractivity contribution in [3.8, 4) is 0 Å². The average molecular weight is 275 g/mol. The van der Waals surface area contributed by atoms with Gasteiger partial charge in [-0.2, -0.15) is 13.2 Å². The van der Waals surface area contributed by atoms with Gasteiger partial charge < -0.3 is 10.3 Å². The van der Waals surface area contributed by atoms with Gasteiger partial charge in [-0.1, -0.05) is 0 Å². The zero-order valence-electron chi connectivity index (χ0n) is 9.66. The lowest BCUT2D eigenvalue weighted by Gasteiger charge is -2.08. The molecule has 2 aromatic rings. The molecule has 98 valence electrons. The minimum Gasteiger partial charge on any atom is -0.399 e. The van der Waals surface area contributed by atoms with Gasteiger partial charge in [0.05, 0.1) is 11.0 Å². The van der Waals surface area contributed by atoms with E-state index in [1.807, 2.05) is 0 Å². The number of alkyl halides is 3. The number of hydrogen-bond acceptors (Lipinski definition) is 3. The van der Waals surface area contributed by atoms with Gasteiger partial charge >= 0.3 is 5.51 Å². The summed E-state index contributed by atoms with van der Waals surface area (Å²) in [6, 6.07) is 5.22. The number of aryl methyl sites for hydroxylation is 2. The monoisotopic (exact) mass is 275 g/mol. The summed E-state index contributed by atoms with van der Waals surface area (Å²) in [5, 5.41) is 0. The highest BCUT2D eigenvalue weighted by molar-refractivity contribution is 8.00. The van der Waals surface area contributed by atoms with E-state index in [9.17, 15) is 13.2 Å². The van der Waals surface area contributed by atoms with Crippen molar-refractivity contribution in [2.24, 2.45) is 0 Å². The number of halogens is 3. The molecule has 7 heteroatoms. The molecule has 0 amide bonds. The molecule has 1 heterocycles. The van der Waals surface area contributed by atoms with E-state index in [2.05, 4.69) is 4.98 Å². The molecule has 1 aromatic carbocycles. The van der Waals surface area contributed by atoms with Crippen molar-refractivity contribution in [2.45, 2.75) is 19.0 Å². The zero-order chi connectivity index (χ0) is 13.3. The summed E-state index contributed by atoms with van der Waals surface area (Å²) in [7, 11) is 0. The van der Waals surface area contributed by atoms with E-state index in [1.165, 1.54) is 0 Å². The van der Waals surface area contributed by atoms with Gasteiger partial charge in [-0.25, -0.2) is 4.98 Å². The molecule has 0 saturated heterocycles. The lowest BCUT2D eigenvalue weighted by molar-refractivity contribution is -0.0328. The molecule has 0 saturated carbocycles. The van der Waals surface area contributed by atoms with E-state index in [-0.39, 0.29) is 24.1 Å². The van der Waals surface area contributed by atoms with Crippen molar-refractivity contribution >= 4 is 28.5 Å². The van der Waals surface area contributed by atoms with Crippen LogP contribution < -0.4 is 5.73 Å². The number of nitrogens with two attached hydrogens (primary N) is 1. The summed E-state index contributed by atoms with van der Waals surface area (Å²) in [5.41, 5.74) is 3.57. The van der Waals surface area contributed by atoms with Crippen molar-refractivity contribution in [1.29, 1.82) is 0 Å². The van der Waals surface area contributed by atoms with Crippen LogP contribution in [0.3, 0.4) is 0 Å². The van der Waals surface area contributed by atoms with Crippen LogP contribution in [0.25, 0.3) is 11.0 Å². The molecule has 2 rings (SSSR count). The summed E-state index contributed by atoms with van der Waals surface area (Å²) >= 11 is -0.0211. The van der Waals surface area contributed by atoms with E-state index in [1.54, 1.807) is 29.7 Å². The first-order valence-electron chi connectivity index (χ1n) is 5.30. The number of benzene rings is 1. The normalized spacial score (nSPS) is 12.2. The minimum absolute atomic E-state index is 0.0211. The van der Waals surface area contributed by atoms with Crippen LogP contribution in [0.5, 0.6) is 0 Å². The number of anilines is 1. The third kappa shape index (κ3) is 2.90. The van der Waals surface area contributed by atoms with Gasteiger partial charge in [-0.05, 0) is 36.9 Å². The van der Waals surface area contributed by atoms with Crippen molar-refractivity contribution in [1.82, 2.24) is 9.55 Å². The van der Waals surface area contributed by atoms with Gasteiger partial charge in [0, 0.05) is 18.0 Å². The molecule has 18 heavy (non-hydrogen) atoms. The SMILES string of the molecule is Cc1nc2cc(N)ccc2n1CCSC(F)(F)F. The molecule has 0 aliphatic carbocycles. The van der Waals surface area contributed by atoms with Crippen molar-refractivity contribution < 1.29 is 13.2 Å². The quantitative estimate of drug-likeness (QED) is 0.875. The highest BCUT2D eigenvalue weighted by Crippen LogP contribution is 2.30. The summed E-state index contributed by atoms with van der Waals surface area (Å²) in [6.45, 7) is 2.05. The van der Waals surface area contributed by atoms with Gasteiger partial charge in [0.15, 0.2) is 0 Å². The third-order valence-electron chi connectivity index (χ3n) is 2.54. The summed E-state index contributed by atoms with van der Waals surface area (Å²) in [4.78, 5) is 4.28. The van der Waals surface area contributed by atoms with Crippen LogP contribution in [0, 0.1) is 6.92 Å². The smallest absolute Gasteiger partial charge is 0.399 e. The Morgan fingerprint density at radius 3 is 2.78 bits per heavy atom. The Labute approximate surface area is 106 Å². The first-order valence-corrected chi connectivity index (χ1v) is 6.28. The molecule has 0 radical (unpaired) electrons. The molecule has 0 atom stereocenters. The number of thioether (sulfide) groups is 1.